The largest absolute Gasteiger partial charge is 0.493 e. The van der Waals surface area contributed by atoms with Gasteiger partial charge in [-0.15, -0.1) is 10.2 Å². The second kappa shape index (κ2) is 9.04. The van der Waals surface area contributed by atoms with Crippen LogP contribution in [0, 0.1) is 28.6 Å². The molecule has 0 spiro atoms. The van der Waals surface area contributed by atoms with Gasteiger partial charge in [0.25, 0.3) is 17.4 Å². The van der Waals surface area contributed by atoms with Crippen molar-refractivity contribution >= 4 is 17.5 Å². The number of amides is 2. The van der Waals surface area contributed by atoms with E-state index < -0.39 is 47.7 Å². The highest BCUT2D eigenvalue weighted by molar-refractivity contribution is 6.22. The average molecular weight is 451 g/mol. The van der Waals surface area contributed by atoms with Crippen molar-refractivity contribution in [3.05, 3.63) is 43.8 Å². The Kier molecular flexibility index (Phi) is 6.40. The Morgan fingerprint density at radius 3 is 2.21 bits per heavy atom. The number of aromatic hydroxyl groups is 1. The first-order valence-electron chi connectivity index (χ1n) is 10.3. The monoisotopic (exact) mass is 451 g/mol. The van der Waals surface area contributed by atoms with E-state index in [-0.39, 0.29) is 23.2 Å². The molecule has 0 bridgehead atoms. The van der Waals surface area contributed by atoms with Crippen LogP contribution in [0.2, 0.25) is 0 Å². The lowest BCUT2D eigenvalue weighted by Gasteiger charge is -2.25. The summed E-state index contributed by atoms with van der Waals surface area (Å²) in [5.41, 5.74) is -2.35. The van der Waals surface area contributed by atoms with Crippen LogP contribution >= 0.6 is 0 Å². The van der Waals surface area contributed by atoms with E-state index in [1.54, 1.807) is 25.1 Å². The van der Waals surface area contributed by atoms with E-state index in [0.29, 0.717) is 27.5 Å². The number of nitrogens with zero attached hydrogens (tertiary/aromatic N) is 7. The number of hydrogen-bond acceptors (Lipinski definition) is 9. The number of rotatable bonds is 7. The van der Waals surface area contributed by atoms with Gasteiger partial charge in [-0.25, -0.2) is 13.9 Å². The Hall–Kier alpha value is -4.32. The van der Waals surface area contributed by atoms with Gasteiger partial charge in [-0.1, -0.05) is 20.8 Å². The van der Waals surface area contributed by atoms with Crippen LogP contribution < -0.4 is 11.2 Å². The topological polar surface area (TPSA) is 174 Å². The molecule has 1 atom stereocenters. The number of carbonyl (C=O) groups excluding carboxylic acids is 2. The van der Waals surface area contributed by atoms with Gasteiger partial charge in [0.2, 0.25) is 11.6 Å². The summed E-state index contributed by atoms with van der Waals surface area (Å²) < 4.78 is 1.10. The van der Waals surface area contributed by atoms with Crippen molar-refractivity contribution in [3.63, 3.8) is 0 Å². The number of nitriles is 2. The first-order valence-corrected chi connectivity index (χ1v) is 10.3. The molecule has 33 heavy (non-hydrogen) atoms. The molecular weight excluding hydrogens is 430 g/mol. The predicted octanol–water partition coefficient (Wildman–Crippen LogP) is 1.23. The number of aromatic nitrogens is 2. The number of allylic oxidation sites excluding steroid dienone is 1. The van der Waals surface area contributed by atoms with E-state index >= 15 is 0 Å². The van der Waals surface area contributed by atoms with Gasteiger partial charge in [-0.2, -0.15) is 10.5 Å². The molecule has 1 N–H and O–H groups in total. The summed E-state index contributed by atoms with van der Waals surface area (Å²) in [5.74, 6) is -2.20. The van der Waals surface area contributed by atoms with E-state index in [1.165, 1.54) is 4.90 Å². The maximum Gasteiger partial charge on any atom is 0.335 e. The standard InChI is InChI=1S/C21H21N7O5/c1-4-12(5-2)28-17(29)14-11(3)10-13(15(14)18(28)30)24-25-16-19(31)26(8-6-22)21(33)27(9-7-23)20(16)32/h10-12,31H,4-5,8-9H2,1-3H3. The zero-order valence-electron chi connectivity index (χ0n) is 18.3. The van der Waals surface area contributed by atoms with Crippen LogP contribution in [0.1, 0.15) is 33.6 Å². The van der Waals surface area contributed by atoms with Gasteiger partial charge in [-0.05, 0) is 18.9 Å². The minimum atomic E-state index is -1.08. The highest BCUT2D eigenvalue weighted by Gasteiger charge is 2.46. The maximum absolute atomic E-state index is 13.1. The molecule has 0 radical (unpaired) electrons. The summed E-state index contributed by atoms with van der Waals surface area (Å²) in [5, 5.41) is 35.9. The van der Waals surface area contributed by atoms with Crippen molar-refractivity contribution in [2.24, 2.45) is 16.1 Å². The van der Waals surface area contributed by atoms with E-state index in [0.717, 1.165) is 0 Å². The first-order chi connectivity index (χ1) is 15.7. The number of hydrogen-bond donors (Lipinski definition) is 1. The normalized spacial score (nSPS) is 17.7. The Balaban J connectivity index is 2.09. The summed E-state index contributed by atoms with van der Waals surface area (Å²) >= 11 is 0. The minimum absolute atomic E-state index is 0.0629. The van der Waals surface area contributed by atoms with Gasteiger partial charge < -0.3 is 5.11 Å². The molecule has 0 saturated heterocycles. The Morgan fingerprint density at radius 2 is 1.64 bits per heavy atom. The summed E-state index contributed by atoms with van der Waals surface area (Å²) in [4.78, 5) is 52.1. The van der Waals surface area contributed by atoms with Gasteiger partial charge in [0.05, 0.1) is 23.4 Å². The summed E-state index contributed by atoms with van der Waals surface area (Å²) in [6.07, 6.45) is 2.73. The molecule has 12 heteroatoms. The van der Waals surface area contributed by atoms with Gasteiger partial charge in [-0.3, -0.25) is 19.3 Å². The SMILES string of the molecule is CCC(CC)N1C(=O)C2=C(C1=O)C(C)C=C2N=Nc1c(O)n(CC#N)c(=O)n(CC#N)c1=O. The Morgan fingerprint density at radius 1 is 1.03 bits per heavy atom. The van der Waals surface area contributed by atoms with Crippen LogP contribution in [0.3, 0.4) is 0 Å². The third-order valence-corrected chi connectivity index (χ3v) is 5.67. The molecule has 3 rings (SSSR count). The fourth-order valence-corrected chi connectivity index (χ4v) is 4.00. The molecule has 2 amide bonds. The molecule has 170 valence electrons. The molecule has 0 saturated carbocycles. The molecule has 2 aliphatic rings. The summed E-state index contributed by atoms with van der Waals surface area (Å²) in [7, 11) is 0. The van der Waals surface area contributed by atoms with Crippen molar-refractivity contribution in [1.82, 2.24) is 14.0 Å². The van der Waals surface area contributed by atoms with Crippen molar-refractivity contribution < 1.29 is 14.7 Å². The summed E-state index contributed by atoms with van der Waals surface area (Å²) in [6, 6.07) is 3.07. The molecule has 1 unspecified atom stereocenters. The zero-order chi connectivity index (χ0) is 24.4. The molecular formula is C21H21N7O5. The van der Waals surface area contributed by atoms with Gasteiger partial charge in [0, 0.05) is 17.5 Å². The fraction of sp³-hybridized carbons (Fsp3) is 0.429. The summed E-state index contributed by atoms with van der Waals surface area (Å²) in [6.45, 7) is 4.26. The van der Waals surface area contributed by atoms with Crippen LogP contribution in [0.25, 0.3) is 0 Å². The lowest BCUT2D eigenvalue weighted by atomic mass is 10.0. The quantitative estimate of drug-likeness (QED) is 0.479. The predicted molar refractivity (Wildman–Crippen MR) is 113 cm³/mol. The van der Waals surface area contributed by atoms with E-state index in [9.17, 15) is 24.3 Å². The van der Waals surface area contributed by atoms with Crippen LogP contribution in [-0.2, 0) is 22.7 Å². The lowest BCUT2D eigenvalue weighted by molar-refractivity contribution is -0.140. The molecule has 1 aliphatic carbocycles. The highest BCUT2D eigenvalue weighted by Crippen LogP contribution is 2.40. The van der Waals surface area contributed by atoms with Gasteiger partial charge >= 0.3 is 5.69 Å². The van der Waals surface area contributed by atoms with Crippen LogP contribution in [0.5, 0.6) is 5.88 Å². The van der Waals surface area contributed by atoms with E-state index in [2.05, 4.69) is 10.2 Å². The molecule has 12 nitrogen and oxygen atoms in total. The van der Waals surface area contributed by atoms with Crippen molar-refractivity contribution in [2.45, 2.75) is 52.7 Å². The smallest absolute Gasteiger partial charge is 0.335 e. The molecule has 1 aromatic heterocycles. The second-order valence-electron chi connectivity index (χ2n) is 7.53. The van der Waals surface area contributed by atoms with Crippen LogP contribution in [-0.4, -0.2) is 37.0 Å². The molecule has 0 fully saturated rings. The Labute approximate surface area is 188 Å². The lowest BCUT2D eigenvalue weighted by Crippen LogP contribution is -2.41. The molecule has 1 aliphatic heterocycles. The highest BCUT2D eigenvalue weighted by atomic mass is 16.3. The van der Waals surface area contributed by atoms with E-state index in [4.69, 9.17) is 10.5 Å². The van der Waals surface area contributed by atoms with Crippen molar-refractivity contribution in [2.75, 3.05) is 0 Å². The van der Waals surface area contributed by atoms with Crippen molar-refractivity contribution in [3.8, 4) is 18.0 Å². The zero-order valence-corrected chi connectivity index (χ0v) is 18.3. The van der Waals surface area contributed by atoms with Crippen molar-refractivity contribution in [1.29, 1.82) is 10.5 Å². The maximum atomic E-state index is 13.1. The number of imide groups is 1. The van der Waals surface area contributed by atoms with Crippen LogP contribution in [0.4, 0.5) is 5.69 Å². The molecule has 0 aromatic carbocycles. The number of carbonyl (C=O) groups is 2. The third kappa shape index (κ3) is 3.65. The second-order valence-corrected chi connectivity index (χ2v) is 7.53. The first kappa shape index (κ1) is 23.3. The minimum Gasteiger partial charge on any atom is -0.493 e. The van der Waals surface area contributed by atoms with E-state index in [1.807, 2.05) is 13.8 Å². The van der Waals surface area contributed by atoms with Gasteiger partial charge in [0.15, 0.2) is 0 Å². The number of azo groups is 1. The molecule has 2 heterocycles. The van der Waals surface area contributed by atoms with Gasteiger partial charge in [0.1, 0.15) is 13.1 Å². The third-order valence-electron chi connectivity index (χ3n) is 5.67. The van der Waals surface area contributed by atoms with Crippen LogP contribution in [0.15, 0.2) is 42.7 Å². The molecule has 1 aromatic rings. The average Bonchev–Trinajstić information content (AvgIpc) is 3.25. The Bertz CT molecular complexity index is 1330. The fourth-order valence-electron chi connectivity index (χ4n) is 4.00.